The molecular weight excluding hydrogens is 372 g/mol. The maximum Gasteiger partial charge on any atom is 0.251 e. The molecule has 2 heterocycles. The van der Waals surface area contributed by atoms with Gasteiger partial charge in [0.15, 0.2) is 5.60 Å². The van der Waals surface area contributed by atoms with Crippen molar-refractivity contribution in [1.29, 1.82) is 0 Å². The number of methoxy groups -OCH3 is 1. The molecule has 0 saturated heterocycles. The van der Waals surface area contributed by atoms with Gasteiger partial charge >= 0.3 is 0 Å². The first-order chi connectivity index (χ1) is 13.7. The Balaban J connectivity index is 1.94. The monoisotopic (exact) mass is 394 g/mol. The molecule has 2 aliphatic heterocycles. The topological polar surface area (TPSA) is 82.1 Å². The van der Waals surface area contributed by atoms with Gasteiger partial charge in [-0.1, -0.05) is 30.3 Å². The Labute approximate surface area is 168 Å². The zero-order valence-corrected chi connectivity index (χ0v) is 16.7. The molecular formula is C23H22O6. The molecule has 2 aromatic rings. The highest BCUT2D eigenvalue weighted by molar-refractivity contribution is 6.47. The third-order valence-corrected chi connectivity index (χ3v) is 5.59. The third-order valence-electron chi connectivity index (χ3n) is 5.59. The quantitative estimate of drug-likeness (QED) is 0.805. The summed E-state index contributed by atoms with van der Waals surface area (Å²) in [5, 5.41) is 10.8. The van der Waals surface area contributed by atoms with Crippen molar-refractivity contribution in [1.82, 2.24) is 0 Å². The summed E-state index contributed by atoms with van der Waals surface area (Å²) in [6, 6.07) is 12.0. The zero-order chi connectivity index (χ0) is 21.0. The van der Waals surface area contributed by atoms with E-state index in [1.165, 1.54) is 19.4 Å². The van der Waals surface area contributed by atoms with E-state index < -0.39 is 28.9 Å². The molecule has 0 saturated carbocycles. The minimum Gasteiger partial charge on any atom is -0.496 e. The summed E-state index contributed by atoms with van der Waals surface area (Å²) in [7, 11) is 1.49. The Hall–Kier alpha value is -3.12. The van der Waals surface area contributed by atoms with Crippen molar-refractivity contribution < 1.29 is 28.9 Å². The fraction of sp³-hybridized carbons (Fsp3) is 0.304. The second-order valence-corrected chi connectivity index (χ2v) is 7.88. The van der Waals surface area contributed by atoms with Gasteiger partial charge < -0.3 is 19.3 Å². The van der Waals surface area contributed by atoms with E-state index in [0.717, 1.165) is 0 Å². The number of ether oxygens (including phenoxy) is 3. The molecule has 2 aliphatic rings. The van der Waals surface area contributed by atoms with Crippen LogP contribution in [0.4, 0.5) is 0 Å². The summed E-state index contributed by atoms with van der Waals surface area (Å²) < 4.78 is 17.3. The zero-order valence-electron chi connectivity index (χ0n) is 16.7. The van der Waals surface area contributed by atoms with Crippen LogP contribution in [0.25, 0.3) is 5.57 Å². The van der Waals surface area contributed by atoms with Crippen LogP contribution in [0.2, 0.25) is 0 Å². The van der Waals surface area contributed by atoms with Crippen LogP contribution in [0.3, 0.4) is 0 Å². The third kappa shape index (κ3) is 2.75. The molecule has 0 unspecified atom stereocenters. The van der Waals surface area contributed by atoms with Crippen LogP contribution in [-0.2, 0) is 15.1 Å². The van der Waals surface area contributed by atoms with E-state index in [-0.39, 0.29) is 11.3 Å². The molecule has 2 aromatic carbocycles. The standard InChI is InChI=1S/C23H22O6/c1-22(2)20(25)15(12-28-22)17-16(27-4)11-10-14-18(24)21(26)23(3,29-19(14)17)13-8-6-5-7-9-13/h5-12,20,25H,1-4H3/t20-,23+/m0/s1. The summed E-state index contributed by atoms with van der Waals surface area (Å²) in [6.07, 6.45) is 0.481. The highest BCUT2D eigenvalue weighted by atomic mass is 16.5. The summed E-state index contributed by atoms with van der Waals surface area (Å²) in [5.74, 6) is -0.681. The van der Waals surface area contributed by atoms with Crippen molar-refractivity contribution in [2.45, 2.75) is 38.1 Å². The number of Topliss-reactive ketones (excluding diaryl/α,β-unsaturated/α-hetero) is 2. The van der Waals surface area contributed by atoms with E-state index in [1.54, 1.807) is 51.1 Å². The van der Waals surface area contributed by atoms with Gasteiger partial charge in [-0.3, -0.25) is 9.59 Å². The average molecular weight is 394 g/mol. The van der Waals surface area contributed by atoms with E-state index in [4.69, 9.17) is 14.2 Å². The van der Waals surface area contributed by atoms with Gasteiger partial charge in [0, 0.05) is 11.1 Å². The highest BCUT2D eigenvalue weighted by Gasteiger charge is 2.49. The van der Waals surface area contributed by atoms with Crippen molar-refractivity contribution in [3.63, 3.8) is 0 Å². The predicted octanol–water partition coefficient (Wildman–Crippen LogP) is 3.27. The van der Waals surface area contributed by atoms with Crippen molar-refractivity contribution in [2.24, 2.45) is 0 Å². The number of fused-ring (bicyclic) bond motifs is 1. The number of ketones is 2. The second kappa shape index (κ2) is 6.46. The number of benzene rings is 2. The fourth-order valence-electron chi connectivity index (χ4n) is 3.74. The molecule has 0 bridgehead atoms. The van der Waals surface area contributed by atoms with E-state index in [9.17, 15) is 14.7 Å². The van der Waals surface area contributed by atoms with Crippen molar-refractivity contribution in [2.75, 3.05) is 7.11 Å². The summed E-state index contributed by atoms with van der Waals surface area (Å²) in [5.41, 5.74) is -0.799. The average Bonchev–Trinajstić information content (AvgIpc) is 2.99. The second-order valence-electron chi connectivity index (χ2n) is 7.88. The van der Waals surface area contributed by atoms with Gasteiger partial charge in [0.25, 0.3) is 5.78 Å². The molecule has 0 aliphatic carbocycles. The first kappa shape index (κ1) is 19.2. The molecule has 2 atom stereocenters. The molecule has 29 heavy (non-hydrogen) atoms. The van der Waals surface area contributed by atoms with E-state index in [1.807, 2.05) is 6.07 Å². The van der Waals surface area contributed by atoms with Crippen molar-refractivity contribution in [3.05, 3.63) is 65.4 Å². The van der Waals surface area contributed by atoms with E-state index in [2.05, 4.69) is 0 Å². The number of hydrogen-bond donors (Lipinski definition) is 1. The minimum atomic E-state index is -1.49. The van der Waals surface area contributed by atoms with Gasteiger partial charge in [0.05, 0.1) is 24.5 Å². The fourth-order valence-corrected chi connectivity index (χ4v) is 3.74. The van der Waals surface area contributed by atoms with Crippen molar-refractivity contribution >= 4 is 17.1 Å². The molecule has 0 aromatic heterocycles. The minimum absolute atomic E-state index is 0.136. The van der Waals surface area contributed by atoms with Crippen LogP contribution in [0.5, 0.6) is 11.5 Å². The SMILES string of the molecule is COc1ccc2c(c1C1=COC(C)(C)[C@H]1O)O[C@](C)(c1ccccc1)C(=O)C2=O. The lowest BCUT2D eigenvalue weighted by Gasteiger charge is -2.35. The lowest BCUT2D eigenvalue weighted by Crippen LogP contribution is -2.47. The molecule has 6 heteroatoms. The molecule has 1 N–H and O–H groups in total. The lowest BCUT2D eigenvalue weighted by atomic mass is 9.82. The van der Waals surface area contributed by atoms with Gasteiger partial charge in [-0.25, -0.2) is 0 Å². The molecule has 150 valence electrons. The summed E-state index contributed by atoms with van der Waals surface area (Å²) >= 11 is 0. The van der Waals surface area contributed by atoms with Crippen LogP contribution in [-0.4, -0.2) is 35.5 Å². The van der Waals surface area contributed by atoms with Crippen LogP contribution in [0, 0.1) is 0 Å². The summed E-state index contributed by atoms with van der Waals surface area (Å²) in [6.45, 7) is 5.09. The van der Waals surface area contributed by atoms with Crippen LogP contribution < -0.4 is 9.47 Å². The maximum atomic E-state index is 13.0. The van der Waals surface area contributed by atoms with E-state index in [0.29, 0.717) is 22.4 Å². The predicted molar refractivity (Wildman–Crippen MR) is 106 cm³/mol. The molecule has 6 nitrogen and oxygen atoms in total. The van der Waals surface area contributed by atoms with Crippen LogP contribution in [0.1, 0.15) is 42.3 Å². The van der Waals surface area contributed by atoms with Crippen molar-refractivity contribution in [3.8, 4) is 11.5 Å². The van der Waals surface area contributed by atoms with Gasteiger partial charge in [-0.05, 0) is 32.9 Å². The molecule has 0 amide bonds. The Kier molecular flexibility index (Phi) is 4.28. The number of hydrogen-bond acceptors (Lipinski definition) is 6. The van der Waals surface area contributed by atoms with Crippen LogP contribution >= 0.6 is 0 Å². The van der Waals surface area contributed by atoms with Gasteiger partial charge in [-0.2, -0.15) is 0 Å². The molecule has 4 rings (SSSR count). The Bertz CT molecular complexity index is 1040. The smallest absolute Gasteiger partial charge is 0.251 e. The lowest BCUT2D eigenvalue weighted by molar-refractivity contribution is -0.130. The number of carbonyl (C=O) groups excluding carboxylic acids is 2. The van der Waals surface area contributed by atoms with E-state index >= 15 is 0 Å². The highest BCUT2D eigenvalue weighted by Crippen LogP contribution is 2.48. The number of rotatable bonds is 3. The Morgan fingerprint density at radius 2 is 1.72 bits per heavy atom. The largest absolute Gasteiger partial charge is 0.496 e. The number of carbonyl (C=O) groups is 2. The number of aliphatic hydroxyl groups excluding tert-OH is 1. The Morgan fingerprint density at radius 3 is 2.31 bits per heavy atom. The van der Waals surface area contributed by atoms with Gasteiger partial charge in [-0.15, -0.1) is 0 Å². The van der Waals surface area contributed by atoms with Gasteiger partial charge in [0.1, 0.15) is 23.2 Å². The molecule has 0 radical (unpaired) electrons. The first-order valence-corrected chi connectivity index (χ1v) is 9.31. The normalized spacial score (nSPS) is 25.0. The molecule has 0 spiro atoms. The Morgan fingerprint density at radius 1 is 1.03 bits per heavy atom. The van der Waals surface area contributed by atoms with Gasteiger partial charge in [0.2, 0.25) is 5.78 Å². The molecule has 0 fully saturated rings. The first-order valence-electron chi connectivity index (χ1n) is 9.31. The van der Waals surface area contributed by atoms with Crippen LogP contribution in [0.15, 0.2) is 48.7 Å². The maximum absolute atomic E-state index is 13.0. The summed E-state index contributed by atoms with van der Waals surface area (Å²) in [4.78, 5) is 26.0. The number of aliphatic hydroxyl groups is 1.